The summed E-state index contributed by atoms with van der Waals surface area (Å²) in [5, 5.41) is 2.13. The third kappa shape index (κ3) is 3.07. The number of alkyl halides is 2. The molecule has 0 bridgehead atoms. The molecule has 10 heteroatoms. The molecule has 0 aliphatic rings. The van der Waals surface area contributed by atoms with Gasteiger partial charge in [-0.3, -0.25) is 4.79 Å². The van der Waals surface area contributed by atoms with E-state index in [0.29, 0.717) is 11.3 Å². The van der Waals surface area contributed by atoms with E-state index in [1.54, 1.807) is 0 Å². The number of carbonyl (C=O) groups excluding carboxylic acids is 1. The van der Waals surface area contributed by atoms with Crippen LogP contribution >= 0.6 is 11.3 Å². The van der Waals surface area contributed by atoms with Crippen molar-refractivity contribution in [1.29, 1.82) is 0 Å². The van der Waals surface area contributed by atoms with Crippen LogP contribution in [0.4, 0.5) is 19.5 Å². The van der Waals surface area contributed by atoms with Gasteiger partial charge in [-0.2, -0.15) is 0 Å². The van der Waals surface area contributed by atoms with Gasteiger partial charge in [-0.05, 0) is 0 Å². The highest BCUT2D eigenvalue weighted by molar-refractivity contribution is 7.91. The quantitative estimate of drug-likeness (QED) is 0.732. The van der Waals surface area contributed by atoms with Crippen LogP contribution in [0, 0.1) is 0 Å². The van der Waals surface area contributed by atoms with Crippen molar-refractivity contribution in [3.63, 3.8) is 0 Å². The lowest BCUT2D eigenvalue weighted by Crippen LogP contribution is -2.13. The van der Waals surface area contributed by atoms with Gasteiger partial charge in [0.2, 0.25) is 0 Å². The fourth-order valence-electron chi connectivity index (χ4n) is 1.27. The molecule has 0 aromatic carbocycles. The third-order valence-corrected chi connectivity index (χ3v) is 4.38. The van der Waals surface area contributed by atoms with E-state index in [0.717, 1.165) is 6.26 Å². The van der Waals surface area contributed by atoms with Crippen molar-refractivity contribution in [3.05, 3.63) is 4.88 Å². The first-order valence-corrected chi connectivity index (χ1v) is 7.29. The number of carbonyl (C=O) groups is 1. The summed E-state index contributed by atoms with van der Waals surface area (Å²) in [6.07, 6.45) is -1.80. The number of nitrogens with one attached hydrogen (secondary N) is 1. The number of rotatable bonds is 5. The molecular weight excluding hydrogens is 288 g/mol. The normalized spacial score (nSPS) is 11.8. The molecule has 1 heterocycles. The Bertz CT molecular complexity index is 568. The molecule has 5 N–H and O–H groups in total. The smallest absolute Gasteiger partial charge is 0.261 e. The molecule has 0 aliphatic carbocycles. The first kappa shape index (κ1) is 14.6. The van der Waals surface area contributed by atoms with Gasteiger partial charge in [0.15, 0.2) is 9.84 Å². The van der Waals surface area contributed by atoms with E-state index < -0.39 is 28.7 Å². The predicted octanol–water partition coefficient (Wildman–Crippen LogP) is 0.510. The number of primary amides is 1. The van der Waals surface area contributed by atoms with Gasteiger partial charge in [0.05, 0.1) is 12.2 Å². The number of nitrogen functional groups attached to an aromatic ring is 1. The summed E-state index contributed by atoms with van der Waals surface area (Å²) < 4.78 is 47.2. The summed E-state index contributed by atoms with van der Waals surface area (Å²) >= 11 is 0.640. The number of sulfone groups is 1. The Morgan fingerprint density at radius 1 is 1.50 bits per heavy atom. The van der Waals surface area contributed by atoms with Gasteiger partial charge in [0.1, 0.15) is 14.8 Å². The van der Waals surface area contributed by atoms with Crippen molar-refractivity contribution < 1.29 is 22.0 Å². The molecule has 6 nitrogen and oxygen atoms in total. The first-order chi connectivity index (χ1) is 8.14. The van der Waals surface area contributed by atoms with E-state index in [4.69, 9.17) is 11.5 Å². The predicted molar refractivity (Wildman–Crippen MR) is 64.9 cm³/mol. The molecule has 102 valence electrons. The van der Waals surface area contributed by atoms with Crippen molar-refractivity contribution in [1.82, 2.24) is 0 Å². The van der Waals surface area contributed by atoms with E-state index in [-0.39, 0.29) is 20.5 Å². The van der Waals surface area contributed by atoms with E-state index in [1.165, 1.54) is 0 Å². The number of anilines is 2. The Labute approximate surface area is 106 Å². The zero-order valence-corrected chi connectivity index (χ0v) is 10.9. The molecule has 1 aromatic heterocycles. The fraction of sp³-hybridized carbons (Fsp3) is 0.375. The van der Waals surface area contributed by atoms with Crippen molar-refractivity contribution >= 4 is 37.8 Å². The van der Waals surface area contributed by atoms with Crippen LogP contribution in [0.5, 0.6) is 0 Å². The first-order valence-electron chi connectivity index (χ1n) is 4.58. The van der Waals surface area contributed by atoms with Crippen molar-refractivity contribution in [2.45, 2.75) is 11.3 Å². The van der Waals surface area contributed by atoms with Crippen molar-refractivity contribution in [2.75, 3.05) is 23.9 Å². The van der Waals surface area contributed by atoms with Crippen LogP contribution < -0.4 is 16.8 Å². The molecule has 0 radical (unpaired) electrons. The summed E-state index contributed by atoms with van der Waals surface area (Å²) in [5.41, 5.74) is 10.2. The van der Waals surface area contributed by atoms with Gasteiger partial charge < -0.3 is 16.8 Å². The molecule has 0 aliphatic heterocycles. The maximum atomic E-state index is 12.1. The molecule has 18 heavy (non-hydrogen) atoms. The Balaban J connectivity index is 3.32. The van der Waals surface area contributed by atoms with Crippen LogP contribution in [0.15, 0.2) is 4.90 Å². The van der Waals surface area contributed by atoms with E-state index in [2.05, 4.69) is 5.32 Å². The van der Waals surface area contributed by atoms with Crippen molar-refractivity contribution in [2.24, 2.45) is 5.73 Å². The van der Waals surface area contributed by atoms with Gasteiger partial charge in [-0.15, -0.1) is 11.3 Å². The monoisotopic (exact) mass is 299 g/mol. The van der Waals surface area contributed by atoms with Crippen LogP contribution in [0.3, 0.4) is 0 Å². The van der Waals surface area contributed by atoms with Gasteiger partial charge >= 0.3 is 0 Å². The van der Waals surface area contributed by atoms with Gasteiger partial charge in [0, 0.05) is 6.26 Å². The summed E-state index contributed by atoms with van der Waals surface area (Å²) in [6.45, 7) is -0.749. The molecule has 0 saturated heterocycles. The molecule has 1 aromatic rings. The summed E-state index contributed by atoms with van der Waals surface area (Å²) in [4.78, 5) is 10.5. The summed E-state index contributed by atoms with van der Waals surface area (Å²) in [6, 6.07) is 0. The minimum atomic E-state index is -3.75. The highest BCUT2D eigenvalue weighted by Gasteiger charge is 2.26. The van der Waals surface area contributed by atoms with Crippen LogP contribution in [0.2, 0.25) is 0 Å². The molecular formula is C8H11F2N3O3S2. The largest absolute Gasteiger partial charge is 0.396 e. The Hall–Kier alpha value is -1.42. The van der Waals surface area contributed by atoms with E-state index >= 15 is 0 Å². The minimum absolute atomic E-state index is 0.107. The van der Waals surface area contributed by atoms with E-state index in [9.17, 15) is 22.0 Å². The number of halogens is 2. The second kappa shape index (κ2) is 5.06. The number of hydrogen-bond donors (Lipinski definition) is 3. The Kier molecular flexibility index (Phi) is 4.12. The number of thiophene rings is 1. The SMILES string of the molecule is CS(=O)(=O)c1c(NCC(F)F)sc(C(N)=O)c1N. The topological polar surface area (TPSA) is 115 Å². The average Bonchev–Trinajstić information content (AvgIpc) is 2.51. The summed E-state index contributed by atoms with van der Waals surface area (Å²) in [7, 11) is -3.75. The fourth-order valence-corrected chi connectivity index (χ4v) is 3.70. The average molecular weight is 299 g/mol. The van der Waals surface area contributed by atoms with Gasteiger partial charge in [-0.1, -0.05) is 0 Å². The van der Waals surface area contributed by atoms with Crippen LogP contribution in [-0.4, -0.2) is 33.6 Å². The maximum absolute atomic E-state index is 12.1. The third-order valence-electron chi connectivity index (χ3n) is 1.91. The van der Waals surface area contributed by atoms with Crippen molar-refractivity contribution in [3.8, 4) is 0 Å². The lowest BCUT2D eigenvalue weighted by Gasteiger charge is -2.05. The highest BCUT2D eigenvalue weighted by atomic mass is 32.2. The van der Waals surface area contributed by atoms with Crippen LogP contribution in [0.1, 0.15) is 9.67 Å². The second-order valence-corrected chi connectivity index (χ2v) is 6.38. The molecule has 0 fully saturated rings. The lowest BCUT2D eigenvalue weighted by molar-refractivity contribution is 0.100. The standard InChI is InChI=1S/C8H11F2N3O3S2/c1-18(15,16)6-4(11)5(7(12)14)17-8(6)13-2-3(9)10/h3,13H,2,11H2,1H3,(H2,12,14). The van der Waals surface area contributed by atoms with Crippen LogP contribution in [-0.2, 0) is 9.84 Å². The minimum Gasteiger partial charge on any atom is -0.396 e. The molecule has 0 saturated carbocycles. The molecule has 1 rings (SSSR count). The Morgan fingerprint density at radius 2 is 2.06 bits per heavy atom. The van der Waals surface area contributed by atoms with E-state index in [1.807, 2.05) is 0 Å². The Morgan fingerprint density at radius 3 is 2.44 bits per heavy atom. The molecule has 1 amide bonds. The molecule has 0 atom stereocenters. The molecule has 0 spiro atoms. The molecule has 0 unspecified atom stereocenters. The maximum Gasteiger partial charge on any atom is 0.261 e. The number of nitrogens with two attached hydrogens (primary N) is 2. The van der Waals surface area contributed by atoms with Gasteiger partial charge in [-0.25, -0.2) is 17.2 Å². The second-order valence-electron chi connectivity index (χ2n) is 3.41. The summed E-state index contributed by atoms with van der Waals surface area (Å²) in [5.74, 6) is -0.910. The van der Waals surface area contributed by atoms with Crippen LogP contribution in [0.25, 0.3) is 0 Å². The zero-order valence-electron chi connectivity index (χ0n) is 9.24. The number of hydrogen-bond acceptors (Lipinski definition) is 6. The van der Waals surface area contributed by atoms with Gasteiger partial charge in [0.25, 0.3) is 12.3 Å². The number of amides is 1. The lowest BCUT2D eigenvalue weighted by atomic mass is 10.4. The highest BCUT2D eigenvalue weighted by Crippen LogP contribution is 2.38. The zero-order chi connectivity index (χ0) is 14.1.